The summed E-state index contributed by atoms with van der Waals surface area (Å²) in [5, 5.41) is 0. The summed E-state index contributed by atoms with van der Waals surface area (Å²) in [6.45, 7) is 1.75. The number of ether oxygens (including phenoxy) is 2. The lowest BCUT2D eigenvalue weighted by Crippen LogP contribution is -2.43. The van der Waals surface area contributed by atoms with Gasteiger partial charge in [0, 0.05) is 37.0 Å². The van der Waals surface area contributed by atoms with Crippen molar-refractivity contribution in [2.24, 2.45) is 0 Å². The molecule has 0 aliphatic carbocycles. The Morgan fingerprint density at radius 2 is 2.12 bits per heavy atom. The second-order valence-corrected chi connectivity index (χ2v) is 6.45. The number of likely N-dealkylation sites (tertiary alicyclic amines) is 1. The lowest BCUT2D eigenvalue weighted by Gasteiger charge is -2.32. The summed E-state index contributed by atoms with van der Waals surface area (Å²) in [6.07, 6.45) is 8.59. The van der Waals surface area contributed by atoms with Crippen LogP contribution in [-0.4, -0.2) is 52.2 Å². The smallest absolute Gasteiger partial charge is 0.254 e. The van der Waals surface area contributed by atoms with Crippen molar-refractivity contribution < 1.29 is 14.3 Å². The van der Waals surface area contributed by atoms with Crippen LogP contribution in [0.5, 0.6) is 0 Å². The van der Waals surface area contributed by atoms with Gasteiger partial charge in [-0.2, -0.15) is 0 Å². The number of carbonyl (C=O) groups is 1. The molecule has 3 atom stereocenters. The van der Waals surface area contributed by atoms with Crippen LogP contribution in [-0.2, 0) is 16.1 Å². The first-order chi connectivity index (χ1) is 12.3. The van der Waals surface area contributed by atoms with E-state index in [1.165, 1.54) is 0 Å². The lowest BCUT2D eigenvalue weighted by molar-refractivity contribution is -0.0810. The first kappa shape index (κ1) is 16.2. The topological polar surface area (TPSA) is 64.6 Å². The van der Waals surface area contributed by atoms with E-state index in [0.29, 0.717) is 18.7 Å². The third-order valence-electron chi connectivity index (χ3n) is 4.85. The fourth-order valence-electron chi connectivity index (χ4n) is 3.64. The molecule has 4 rings (SSSR count). The molecule has 4 heterocycles. The van der Waals surface area contributed by atoms with Gasteiger partial charge in [0.05, 0.1) is 19.2 Å². The highest BCUT2D eigenvalue weighted by atomic mass is 16.5. The number of nitrogens with zero attached hydrogens (tertiary/aromatic N) is 3. The van der Waals surface area contributed by atoms with Crippen molar-refractivity contribution in [1.29, 1.82) is 0 Å². The number of hydrogen-bond acceptors (Lipinski definition) is 5. The van der Waals surface area contributed by atoms with E-state index >= 15 is 0 Å². The maximum Gasteiger partial charge on any atom is 0.254 e. The Morgan fingerprint density at radius 1 is 1.24 bits per heavy atom. The Balaban J connectivity index is 1.48. The van der Waals surface area contributed by atoms with Crippen LogP contribution in [0.25, 0.3) is 0 Å². The van der Waals surface area contributed by atoms with Gasteiger partial charge in [0.1, 0.15) is 12.2 Å². The zero-order valence-electron chi connectivity index (χ0n) is 14.0. The highest BCUT2D eigenvalue weighted by Gasteiger charge is 2.46. The minimum absolute atomic E-state index is 0.0235. The summed E-state index contributed by atoms with van der Waals surface area (Å²) in [7, 11) is 0. The molecule has 0 aromatic carbocycles. The molecule has 0 saturated carbocycles. The molecule has 6 nitrogen and oxygen atoms in total. The van der Waals surface area contributed by atoms with Crippen LogP contribution in [0.2, 0.25) is 0 Å². The molecule has 2 aromatic heterocycles. The molecule has 0 radical (unpaired) electrons. The van der Waals surface area contributed by atoms with Gasteiger partial charge in [0.25, 0.3) is 5.91 Å². The van der Waals surface area contributed by atoms with E-state index in [1.807, 2.05) is 17.0 Å². The number of pyridine rings is 2. The van der Waals surface area contributed by atoms with E-state index in [2.05, 4.69) is 9.97 Å². The lowest BCUT2D eigenvalue weighted by atomic mass is 10.0. The minimum atomic E-state index is -0.115. The zero-order valence-corrected chi connectivity index (χ0v) is 14.0. The standard InChI is InChI=1S/C19H21N3O3/c23-19(15-5-8-20-9-6-15)22-12-17(18-16(22)4-2-10-24-18)25-13-14-3-1-7-21-11-14/h1,3,5-9,11,16-18H,2,4,10,12-13H2/t16-,17-,18+/m1/s1. The monoisotopic (exact) mass is 339 g/mol. The molecular weight excluding hydrogens is 318 g/mol. The Bertz CT molecular complexity index is 710. The van der Waals surface area contributed by atoms with Crippen molar-refractivity contribution in [3.8, 4) is 0 Å². The normalized spacial score (nSPS) is 25.6. The number of amides is 1. The number of aromatic nitrogens is 2. The quantitative estimate of drug-likeness (QED) is 0.853. The van der Waals surface area contributed by atoms with Gasteiger partial charge in [0.15, 0.2) is 0 Å². The molecule has 6 heteroatoms. The number of rotatable bonds is 4. The molecule has 1 amide bonds. The highest BCUT2D eigenvalue weighted by Crippen LogP contribution is 2.32. The predicted octanol–water partition coefficient (Wildman–Crippen LogP) is 2.07. The number of fused-ring (bicyclic) bond motifs is 1. The van der Waals surface area contributed by atoms with Crippen molar-refractivity contribution in [1.82, 2.24) is 14.9 Å². The summed E-state index contributed by atoms with van der Waals surface area (Å²) in [5.74, 6) is 0.0235. The van der Waals surface area contributed by atoms with E-state index < -0.39 is 0 Å². The Morgan fingerprint density at radius 3 is 2.92 bits per heavy atom. The molecule has 0 spiro atoms. The summed E-state index contributed by atoms with van der Waals surface area (Å²) in [6, 6.07) is 7.47. The van der Waals surface area contributed by atoms with Crippen LogP contribution >= 0.6 is 0 Å². The van der Waals surface area contributed by atoms with E-state index in [4.69, 9.17) is 9.47 Å². The molecule has 2 aliphatic heterocycles. The molecule has 2 aliphatic rings. The maximum atomic E-state index is 12.9. The molecule has 0 N–H and O–H groups in total. The van der Waals surface area contributed by atoms with Crippen molar-refractivity contribution in [3.63, 3.8) is 0 Å². The summed E-state index contributed by atoms with van der Waals surface area (Å²) >= 11 is 0. The van der Waals surface area contributed by atoms with Gasteiger partial charge in [-0.25, -0.2) is 0 Å². The van der Waals surface area contributed by atoms with E-state index in [0.717, 1.165) is 25.0 Å². The van der Waals surface area contributed by atoms with Crippen LogP contribution < -0.4 is 0 Å². The SMILES string of the molecule is O=C(c1ccncc1)N1C[C@@H](OCc2cccnc2)[C@H]2OCCC[C@H]21. The van der Waals surface area contributed by atoms with E-state index in [1.54, 1.807) is 36.9 Å². The van der Waals surface area contributed by atoms with Gasteiger partial charge in [-0.1, -0.05) is 6.07 Å². The summed E-state index contributed by atoms with van der Waals surface area (Å²) in [5.41, 5.74) is 1.68. The highest BCUT2D eigenvalue weighted by molar-refractivity contribution is 5.94. The molecule has 25 heavy (non-hydrogen) atoms. The average molecular weight is 339 g/mol. The van der Waals surface area contributed by atoms with Crippen LogP contribution in [0.4, 0.5) is 0 Å². The molecule has 0 bridgehead atoms. The zero-order chi connectivity index (χ0) is 17.1. The van der Waals surface area contributed by atoms with Crippen LogP contribution in [0.3, 0.4) is 0 Å². The largest absolute Gasteiger partial charge is 0.373 e. The van der Waals surface area contributed by atoms with Crippen LogP contribution in [0.15, 0.2) is 49.1 Å². The third-order valence-corrected chi connectivity index (χ3v) is 4.85. The van der Waals surface area contributed by atoms with Crippen molar-refractivity contribution in [2.75, 3.05) is 13.2 Å². The van der Waals surface area contributed by atoms with E-state index in [-0.39, 0.29) is 24.2 Å². The van der Waals surface area contributed by atoms with Gasteiger partial charge in [-0.05, 0) is 36.6 Å². The van der Waals surface area contributed by atoms with E-state index in [9.17, 15) is 4.79 Å². The fraction of sp³-hybridized carbons (Fsp3) is 0.421. The van der Waals surface area contributed by atoms with Crippen molar-refractivity contribution >= 4 is 5.91 Å². The number of hydrogen-bond donors (Lipinski definition) is 0. The van der Waals surface area contributed by atoms with Crippen LogP contribution in [0.1, 0.15) is 28.8 Å². The van der Waals surface area contributed by atoms with Gasteiger partial charge >= 0.3 is 0 Å². The van der Waals surface area contributed by atoms with Crippen molar-refractivity contribution in [2.45, 2.75) is 37.7 Å². The molecular formula is C19H21N3O3. The van der Waals surface area contributed by atoms with Gasteiger partial charge < -0.3 is 14.4 Å². The summed E-state index contributed by atoms with van der Waals surface area (Å²) in [4.78, 5) is 22.9. The summed E-state index contributed by atoms with van der Waals surface area (Å²) < 4.78 is 12.1. The molecule has 2 fully saturated rings. The predicted molar refractivity (Wildman–Crippen MR) is 90.8 cm³/mol. The van der Waals surface area contributed by atoms with Gasteiger partial charge in [-0.15, -0.1) is 0 Å². The first-order valence-corrected chi connectivity index (χ1v) is 8.66. The maximum absolute atomic E-state index is 12.9. The average Bonchev–Trinajstić information content (AvgIpc) is 3.06. The minimum Gasteiger partial charge on any atom is -0.373 e. The van der Waals surface area contributed by atoms with Gasteiger partial charge in [-0.3, -0.25) is 14.8 Å². The van der Waals surface area contributed by atoms with Crippen LogP contribution in [0, 0.1) is 0 Å². The molecule has 2 saturated heterocycles. The Labute approximate surface area is 146 Å². The molecule has 130 valence electrons. The molecule has 0 unspecified atom stereocenters. The second kappa shape index (κ2) is 7.29. The fourth-order valence-corrected chi connectivity index (χ4v) is 3.64. The Kier molecular flexibility index (Phi) is 4.72. The number of carbonyl (C=O) groups excluding carboxylic acids is 1. The third kappa shape index (κ3) is 3.41. The van der Waals surface area contributed by atoms with Crippen molar-refractivity contribution in [3.05, 3.63) is 60.2 Å². The van der Waals surface area contributed by atoms with Gasteiger partial charge in [0.2, 0.25) is 0 Å². The molecule has 2 aromatic rings. The Hall–Kier alpha value is -2.31. The second-order valence-electron chi connectivity index (χ2n) is 6.45. The first-order valence-electron chi connectivity index (χ1n) is 8.66.